The van der Waals surface area contributed by atoms with Crippen LogP contribution >= 0.6 is 0 Å². The zero-order valence-corrected chi connectivity index (χ0v) is 21.6. The number of methoxy groups -OCH3 is 5. The van der Waals surface area contributed by atoms with Crippen molar-refractivity contribution in [3.8, 4) is 40.2 Å². The molecule has 0 fully saturated rings. The number of hydrogen-bond acceptors (Lipinski definition) is 9. The van der Waals surface area contributed by atoms with Crippen molar-refractivity contribution < 1.29 is 42.7 Å². The summed E-state index contributed by atoms with van der Waals surface area (Å²) in [5, 5.41) is 0. The van der Waals surface area contributed by atoms with Crippen molar-refractivity contribution in [3.63, 3.8) is 0 Å². The summed E-state index contributed by atoms with van der Waals surface area (Å²) in [4.78, 5) is 26.0. The molecule has 1 atom stereocenters. The van der Waals surface area contributed by atoms with Gasteiger partial charge in [0.1, 0.15) is 23.0 Å². The molecule has 5 rings (SSSR count). The monoisotopic (exact) mass is 518 g/mol. The van der Waals surface area contributed by atoms with Gasteiger partial charge in [-0.25, -0.2) is 0 Å². The Morgan fingerprint density at radius 2 is 1.55 bits per heavy atom. The summed E-state index contributed by atoms with van der Waals surface area (Å²) in [6, 6.07) is 12.1. The molecule has 2 aliphatic heterocycles. The van der Waals surface area contributed by atoms with Crippen molar-refractivity contribution in [2.45, 2.75) is 12.3 Å². The van der Waals surface area contributed by atoms with Crippen LogP contribution in [0.15, 0.2) is 48.2 Å². The first-order chi connectivity index (χ1) is 18.4. The van der Waals surface area contributed by atoms with Crippen molar-refractivity contribution in [1.29, 1.82) is 0 Å². The van der Waals surface area contributed by atoms with Crippen LogP contribution in [0.25, 0.3) is 6.08 Å². The molecule has 0 radical (unpaired) electrons. The zero-order valence-electron chi connectivity index (χ0n) is 21.6. The SMILES string of the molecule is COc1ccc(C2CC(=O)Oc3ccc4c(c32)OC(=Cc2ccc(OC)c(OC)c2OC)C4=O)c(OC)c1. The minimum atomic E-state index is -0.468. The maximum atomic E-state index is 13.4. The molecule has 2 aliphatic rings. The lowest BCUT2D eigenvalue weighted by atomic mass is 9.84. The lowest BCUT2D eigenvalue weighted by Gasteiger charge is -2.27. The van der Waals surface area contributed by atoms with E-state index >= 15 is 0 Å². The van der Waals surface area contributed by atoms with Gasteiger partial charge in [-0.2, -0.15) is 0 Å². The lowest BCUT2D eigenvalue weighted by molar-refractivity contribution is -0.135. The maximum Gasteiger partial charge on any atom is 0.312 e. The quantitative estimate of drug-likeness (QED) is 0.248. The fraction of sp³-hybridized carbons (Fsp3) is 0.241. The fourth-order valence-corrected chi connectivity index (χ4v) is 4.86. The molecular weight excluding hydrogens is 492 g/mol. The van der Waals surface area contributed by atoms with E-state index in [4.69, 9.17) is 33.2 Å². The van der Waals surface area contributed by atoms with Crippen LogP contribution in [-0.4, -0.2) is 47.3 Å². The average molecular weight is 519 g/mol. The van der Waals surface area contributed by atoms with Crippen LogP contribution in [0, 0.1) is 0 Å². The Labute approximate surface area is 219 Å². The van der Waals surface area contributed by atoms with Crippen LogP contribution in [0.4, 0.5) is 0 Å². The molecule has 0 N–H and O–H groups in total. The van der Waals surface area contributed by atoms with Gasteiger partial charge < -0.3 is 33.2 Å². The number of ether oxygens (including phenoxy) is 7. The van der Waals surface area contributed by atoms with Gasteiger partial charge in [0.05, 0.1) is 47.5 Å². The average Bonchev–Trinajstić information content (AvgIpc) is 3.26. The van der Waals surface area contributed by atoms with Gasteiger partial charge >= 0.3 is 5.97 Å². The predicted octanol–water partition coefficient (Wildman–Crippen LogP) is 4.79. The number of ketones is 1. The lowest BCUT2D eigenvalue weighted by Crippen LogP contribution is -2.22. The van der Waals surface area contributed by atoms with E-state index in [1.807, 2.05) is 6.07 Å². The second-order valence-corrected chi connectivity index (χ2v) is 8.56. The molecule has 0 saturated heterocycles. The van der Waals surface area contributed by atoms with Gasteiger partial charge in [0.2, 0.25) is 11.5 Å². The van der Waals surface area contributed by atoms with Gasteiger partial charge in [0, 0.05) is 28.7 Å². The number of Topliss-reactive ketones (excluding diaryl/α,β-unsaturated/α-hetero) is 1. The Kier molecular flexibility index (Phi) is 6.59. The first-order valence-electron chi connectivity index (χ1n) is 11.8. The van der Waals surface area contributed by atoms with Crippen LogP contribution in [0.5, 0.6) is 40.2 Å². The van der Waals surface area contributed by atoms with Gasteiger partial charge in [0.25, 0.3) is 0 Å². The molecule has 0 amide bonds. The van der Waals surface area contributed by atoms with Crippen LogP contribution < -0.4 is 33.2 Å². The van der Waals surface area contributed by atoms with E-state index in [1.165, 1.54) is 21.3 Å². The largest absolute Gasteiger partial charge is 0.497 e. The highest BCUT2D eigenvalue weighted by atomic mass is 16.5. The first-order valence-corrected chi connectivity index (χ1v) is 11.8. The zero-order chi connectivity index (χ0) is 27.0. The number of esters is 1. The second kappa shape index (κ2) is 10.0. The van der Waals surface area contributed by atoms with Crippen molar-refractivity contribution in [1.82, 2.24) is 0 Å². The Hall–Kier alpha value is -4.66. The van der Waals surface area contributed by atoms with Crippen molar-refractivity contribution in [3.05, 3.63) is 70.5 Å². The smallest absolute Gasteiger partial charge is 0.312 e. The van der Waals surface area contributed by atoms with Crippen LogP contribution in [0.1, 0.15) is 39.4 Å². The van der Waals surface area contributed by atoms with Crippen molar-refractivity contribution in [2.75, 3.05) is 35.5 Å². The van der Waals surface area contributed by atoms with E-state index in [1.54, 1.807) is 56.7 Å². The molecular formula is C29H26O9. The maximum absolute atomic E-state index is 13.4. The minimum absolute atomic E-state index is 0.0479. The molecule has 0 aliphatic carbocycles. The molecule has 38 heavy (non-hydrogen) atoms. The van der Waals surface area contributed by atoms with E-state index in [0.29, 0.717) is 56.9 Å². The van der Waals surface area contributed by atoms with E-state index < -0.39 is 11.9 Å². The Morgan fingerprint density at radius 3 is 2.24 bits per heavy atom. The third-order valence-corrected chi connectivity index (χ3v) is 6.62. The summed E-state index contributed by atoms with van der Waals surface area (Å²) in [6.07, 6.45) is 1.64. The van der Waals surface area contributed by atoms with Gasteiger partial charge in [0.15, 0.2) is 17.3 Å². The van der Waals surface area contributed by atoms with Gasteiger partial charge in [-0.05, 0) is 36.4 Å². The predicted molar refractivity (Wildman–Crippen MR) is 137 cm³/mol. The highest BCUT2D eigenvalue weighted by molar-refractivity contribution is 6.15. The topological polar surface area (TPSA) is 98.8 Å². The molecule has 0 aromatic heterocycles. The molecule has 9 heteroatoms. The first kappa shape index (κ1) is 25.0. The van der Waals surface area contributed by atoms with Crippen LogP contribution in [-0.2, 0) is 4.79 Å². The third-order valence-electron chi connectivity index (χ3n) is 6.62. The number of carbonyl (C=O) groups excluding carboxylic acids is 2. The molecule has 9 nitrogen and oxygen atoms in total. The number of allylic oxidation sites excluding steroid dienone is 1. The van der Waals surface area contributed by atoms with Crippen molar-refractivity contribution in [2.24, 2.45) is 0 Å². The van der Waals surface area contributed by atoms with Crippen LogP contribution in [0.3, 0.4) is 0 Å². The molecule has 196 valence electrons. The minimum Gasteiger partial charge on any atom is -0.497 e. The fourth-order valence-electron chi connectivity index (χ4n) is 4.86. The van der Waals surface area contributed by atoms with E-state index in [9.17, 15) is 9.59 Å². The number of fused-ring (bicyclic) bond motifs is 3. The normalized spacial score (nSPS) is 16.8. The Balaban J connectivity index is 1.62. The molecule has 3 aromatic carbocycles. The van der Waals surface area contributed by atoms with Gasteiger partial charge in [-0.3, -0.25) is 9.59 Å². The molecule has 3 aromatic rings. The number of carbonyl (C=O) groups is 2. The highest BCUT2D eigenvalue weighted by Gasteiger charge is 2.39. The standard InChI is InChI=1S/C29H26O9/c1-32-16-7-8-17(22(13-16)34-3)19-14-24(30)37-20-11-9-18-26(31)23(38-28(18)25(19)20)12-15-6-10-21(33-2)29(36-5)27(15)35-4/h6-13,19H,14H2,1-5H3. The summed E-state index contributed by atoms with van der Waals surface area (Å²) < 4.78 is 39.0. The summed E-state index contributed by atoms with van der Waals surface area (Å²) in [6.45, 7) is 0. The molecule has 0 saturated carbocycles. The Bertz CT molecular complexity index is 1470. The number of benzene rings is 3. The van der Waals surface area contributed by atoms with Crippen LogP contribution in [0.2, 0.25) is 0 Å². The summed E-state index contributed by atoms with van der Waals surface area (Å²) >= 11 is 0. The van der Waals surface area contributed by atoms with Crippen molar-refractivity contribution >= 4 is 17.8 Å². The molecule has 1 unspecified atom stereocenters. The highest BCUT2D eigenvalue weighted by Crippen LogP contribution is 2.51. The van der Waals surface area contributed by atoms with E-state index in [2.05, 4.69) is 0 Å². The third kappa shape index (κ3) is 4.06. The number of rotatable bonds is 7. The molecule has 2 heterocycles. The summed E-state index contributed by atoms with van der Waals surface area (Å²) in [5.41, 5.74) is 2.27. The summed E-state index contributed by atoms with van der Waals surface area (Å²) in [7, 11) is 7.65. The molecule has 0 bridgehead atoms. The number of hydrogen-bond donors (Lipinski definition) is 0. The van der Waals surface area contributed by atoms with Gasteiger partial charge in [-0.1, -0.05) is 6.07 Å². The second-order valence-electron chi connectivity index (χ2n) is 8.56. The van der Waals surface area contributed by atoms with Gasteiger partial charge in [-0.15, -0.1) is 0 Å². The van der Waals surface area contributed by atoms with E-state index in [-0.39, 0.29) is 18.0 Å². The Morgan fingerprint density at radius 1 is 0.789 bits per heavy atom. The van der Waals surface area contributed by atoms with E-state index in [0.717, 1.165) is 5.56 Å². The summed E-state index contributed by atoms with van der Waals surface area (Å²) in [5.74, 6) is 2.03. The molecule has 0 spiro atoms.